The van der Waals surface area contributed by atoms with Crippen LogP contribution in [0.25, 0.3) is 0 Å². The summed E-state index contributed by atoms with van der Waals surface area (Å²) >= 11 is 0. The number of carbonyl (C=O) groups excluding carboxylic acids is 1. The molecule has 1 heterocycles. The quantitative estimate of drug-likeness (QED) is 0.273. The highest BCUT2D eigenvalue weighted by Crippen LogP contribution is 2.29. The van der Waals surface area contributed by atoms with Crippen molar-refractivity contribution in [3.8, 4) is 11.5 Å². The lowest BCUT2D eigenvalue weighted by Crippen LogP contribution is -2.50. The molecule has 8 nitrogen and oxygen atoms in total. The molecule has 2 amide bonds. The number of anilines is 2. The monoisotopic (exact) mass is 594 g/mol. The number of halogens is 1. The number of benzene rings is 3. The molecule has 42 heavy (non-hydrogen) atoms. The van der Waals surface area contributed by atoms with Crippen LogP contribution in [0.5, 0.6) is 11.5 Å². The predicted molar refractivity (Wildman–Crippen MR) is 164 cm³/mol. The molecule has 5 rings (SSSR count). The van der Waals surface area contributed by atoms with Crippen LogP contribution in [0.15, 0.2) is 72.8 Å². The molecular formula is C32H39FN4O4S. The van der Waals surface area contributed by atoms with E-state index in [-0.39, 0.29) is 17.9 Å². The Hall–Kier alpha value is -3.63. The second-order valence-corrected chi connectivity index (χ2v) is 13.1. The van der Waals surface area contributed by atoms with Crippen molar-refractivity contribution < 1.29 is 22.3 Å². The number of rotatable bonds is 10. The average molecular weight is 595 g/mol. The van der Waals surface area contributed by atoms with Gasteiger partial charge < -0.3 is 15.0 Å². The number of nitrogens with zero attached hydrogens (tertiary/aromatic N) is 2. The summed E-state index contributed by atoms with van der Waals surface area (Å²) in [7, 11) is -3.32. The summed E-state index contributed by atoms with van der Waals surface area (Å²) in [5.41, 5.74) is 2.29. The summed E-state index contributed by atoms with van der Waals surface area (Å²) in [5.74, 6) is 1.55. The van der Waals surface area contributed by atoms with Gasteiger partial charge in [0.2, 0.25) is 10.0 Å². The number of urea groups is 1. The van der Waals surface area contributed by atoms with Crippen LogP contribution < -0.4 is 14.8 Å². The first kappa shape index (κ1) is 29.8. The van der Waals surface area contributed by atoms with Gasteiger partial charge in [-0.15, -0.1) is 0 Å². The minimum absolute atomic E-state index is 0.0937. The van der Waals surface area contributed by atoms with Gasteiger partial charge in [-0.1, -0.05) is 25.0 Å². The predicted octanol–water partition coefficient (Wildman–Crippen LogP) is 6.68. The Bertz CT molecular complexity index is 1420. The van der Waals surface area contributed by atoms with Crippen LogP contribution >= 0.6 is 0 Å². The molecule has 2 N–H and O–H groups in total. The third-order valence-corrected chi connectivity index (χ3v) is 8.61. The van der Waals surface area contributed by atoms with E-state index in [1.807, 2.05) is 17.0 Å². The molecular weight excluding hydrogens is 555 g/mol. The lowest BCUT2D eigenvalue weighted by molar-refractivity contribution is 0.114. The van der Waals surface area contributed by atoms with Crippen molar-refractivity contribution in [2.24, 2.45) is 5.92 Å². The Labute approximate surface area is 247 Å². The third kappa shape index (κ3) is 8.69. The second-order valence-electron chi connectivity index (χ2n) is 11.4. The average Bonchev–Trinajstić information content (AvgIpc) is 3.48. The molecule has 2 aliphatic rings. The first-order chi connectivity index (χ1) is 20.2. The molecule has 1 saturated carbocycles. The maximum Gasteiger partial charge on any atom is 0.322 e. The number of sulfonamides is 1. The minimum atomic E-state index is -3.32. The number of piperidine rings is 1. The number of ether oxygens (including phenoxy) is 1. The molecule has 3 aromatic rings. The van der Waals surface area contributed by atoms with Crippen LogP contribution in [0.3, 0.4) is 0 Å². The van der Waals surface area contributed by atoms with E-state index in [1.54, 1.807) is 36.4 Å². The lowest BCUT2D eigenvalue weighted by atomic mass is 10.00. The summed E-state index contributed by atoms with van der Waals surface area (Å²) in [5, 5.41) is 2.99. The normalized spacial score (nSPS) is 16.7. The Morgan fingerprint density at radius 2 is 1.45 bits per heavy atom. The van der Waals surface area contributed by atoms with Gasteiger partial charge in [0.25, 0.3) is 0 Å². The Morgan fingerprint density at radius 1 is 0.881 bits per heavy atom. The molecule has 2 fully saturated rings. The Balaban J connectivity index is 1.13. The smallest absolute Gasteiger partial charge is 0.322 e. The van der Waals surface area contributed by atoms with E-state index in [1.165, 1.54) is 43.4 Å². The van der Waals surface area contributed by atoms with Crippen molar-refractivity contribution in [3.05, 3.63) is 84.2 Å². The van der Waals surface area contributed by atoms with Gasteiger partial charge in [-0.25, -0.2) is 17.6 Å². The number of nitrogens with one attached hydrogen (secondary N) is 2. The number of hydrogen-bond donors (Lipinski definition) is 2. The van der Waals surface area contributed by atoms with Gasteiger partial charge in [0.1, 0.15) is 17.3 Å². The number of likely N-dealkylation sites (tertiary alicyclic amines) is 1. The summed E-state index contributed by atoms with van der Waals surface area (Å²) in [6, 6.07) is 20.8. The van der Waals surface area contributed by atoms with Gasteiger partial charge in [0.15, 0.2) is 0 Å². The summed E-state index contributed by atoms with van der Waals surface area (Å²) in [6.45, 7) is 3.41. The molecule has 224 valence electrons. The molecule has 0 spiro atoms. The lowest BCUT2D eigenvalue weighted by Gasteiger charge is -2.39. The van der Waals surface area contributed by atoms with E-state index < -0.39 is 10.0 Å². The Kier molecular flexibility index (Phi) is 9.64. The van der Waals surface area contributed by atoms with Crippen LogP contribution in [0.1, 0.15) is 44.1 Å². The van der Waals surface area contributed by atoms with Gasteiger partial charge in [-0.3, -0.25) is 9.62 Å². The van der Waals surface area contributed by atoms with Crippen molar-refractivity contribution >= 4 is 27.4 Å². The zero-order valence-corrected chi connectivity index (χ0v) is 24.8. The van der Waals surface area contributed by atoms with Crippen molar-refractivity contribution in [3.63, 3.8) is 0 Å². The van der Waals surface area contributed by atoms with E-state index in [0.717, 1.165) is 45.3 Å². The topological polar surface area (TPSA) is 91.0 Å². The Morgan fingerprint density at radius 3 is 2.05 bits per heavy atom. The van der Waals surface area contributed by atoms with Crippen LogP contribution in [0.4, 0.5) is 20.6 Å². The molecule has 0 radical (unpaired) electrons. The van der Waals surface area contributed by atoms with E-state index in [2.05, 4.69) is 27.1 Å². The summed E-state index contributed by atoms with van der Waals surface area (Å²) < 4.78 is 44.5. The molecule has 0 unspecified atom stereocenters. The molecule has 0 aromatic heterocycles. The molecule has 0 bridgehead atoms. The zero-order valence-electron chi connectivity index (χ0n) is 24.0. The van der Waals surface area contributed by atoms with Gasteiger partial charge in [-0.2, -0.15) is 0 Å². The fourth-order valence-corrected chi connectivity index (χ4v) is 6.41. The molecule has 0 atom stereocenters. The van der Waals surface area contributed by atoms with Crippen molar-refractivity contribution in [2.45, 2.75) is 51.1 Å². The first-order valence-electron chi connectivity index (χ1n) is 14.6. The second kappa shape index (κ2) is 13.6. The fourth-order valence-electron chi connectivity index (χ4n) is 5.85. The van der Waals surface area contributed by atoms with Crippen molar-refractivity contribution in [1.82, 2.24) is 9.80 Å². The minimum Gasteiger partial charge on any atom is -0.457 e. The van der Waals surface area contributed by atoms with Gasteiger partial charge in [0.05, 0.1) is 6.26 Å². The molecule has 1 aliphatic heterocycles. The van der Waals surface area contributed by atoms with E-state index in [9.17, 15) is 17.6 Å². The highest BCUT2D eigenvalue weighted by Gasteiger charge is 2.31. The van der Waals surface area contributed by atoms with Crippen LogP contribution in [-0.2, 0) is 16.6 Å². The van der Waals surface area contributed by atoms with Gasteiger partial charge in [-0.05, 0) is 97.8 Å². The first-order valence-corrected chi connectivity index (χ1v) is 16.5. The molecule has 3 aromatic carbocycles. The van der Waals surface area contributed by atoms with E-state index in [0.29, 0.717) is 28.8 Å². The third-order valence-electron chi connectivity index (χ3n) is 8.01. The highest BCUT2D eigenvalue weighted by atomic mass is 32.2. The van der Waals surface area contributed by atoms with Crippen LogP contribution in [-0.4, -0.2) is 56.2 Å². The maximum absolute atomic E-state index is 13.4. The SMILES string of the molecule is CS(=O)(=O)Nc1ccc(Oc2ccc(CN3CCC(N(CC4CCCC4)C(=O)Nc4ccc(F)cc4)CC3)cc2)cc1. The number of carbonyl (C=O) groups is 1. The van der Waals surface area contributed by atoms with Gasteiger partial charge in [0, 0.05) is 43.6 Å². The zero-order chi connectivity index (χ0) is 29.5. The molecule has 1 aliphatic carbocycles. The van der Waals surface area contributed by atoms with Gasteiger partial charge >= 0.3 is 6.03 Å². The fraction of sp³-hybridized carbons (Fsp3) is 0.406. The van der Waals surface area contributed by atoms with Crippen LogP contribution in [0, 0.1) is 11.7 Å². The maximum atomic E-state index is 13.4. The van der Waals surface area contributed by atoms with Crippen molar-refractivity contribution in [2.75, 3.05) is 35.9 Å². The van der Waals surface area contributed by atoms with E-state index >= 15 is 0 Å². The molecule has 1 saturated heterocycles. The molecule has 10 heteroatoms. The van der Waals surface area contributed by atoms with E-state index in [4.69, 9.17) is 4.74 Å². The number of amides is 2. The number of hydrogen-bond acceptors (Lipinski definition) is 5. The summed E-state index contributed by atoms with van der Waals surface area (Å²) in [4.78, 5) is 17.8. The summed E-state index contributed by atoms with van der Waals surface area (Å²) in [6.07, 6.45) is 7.74. The van der Waals surface area contributed by atoms with Crippen LogP contribution in [0.2, 0.25) is 0 Å². The largest absolute Gasteiger partial charge is 0.457 e. The standard InChI is InChI=1S/C32H39FN4O4S/c1-42(39,40)35-28-12-16-31(17-13-28)41-30-14-6-25(7-15-30)22-36-20-18-29(19-21-36)37(23-24-4-2-3-5-24)32(38)34-27-10-8-26(33)9-11-27/h6-17,24,29,35H,2-5,18-23H2,1H3,(H,34,38). The highest BCUT2D eigenvalue weighted by molar-refractivity contribution is 7.92. The van der Waals surface area contributed by atoms with Crippen molar-refractivity contribution in [1.29, 1.82) is 0 Å².